The van der Waals surface area contributed by atoms with Crippen LogP contribution in [-0.4, -0.2) is 23.3 Å². The number of halogens is 1. The highest BCUT2D eigenvalue weighted by molar-refractivity contribution is 6.84. The van der Waals surface area contributed by atoms with Crippen LogP contribution in [0.3, 0.4) is 0 Å². The summed E-state index contributed by atoms with van der Waals surface area (Å²) in [5, 5.41) is 9.49. The largest absolute Gasteiger partial charge is 0.396 e. The molecule has 0 aliphatic heterocycles. The number of hydrogen-bond donors (Lipinski definition) is 0. The minimum absolute atomic E-state index is 0.0875. The van der Waals surface area contributed by atoms with Gasteiger partial charge in [-0.05, 0) is 41.6 Å². The van der Waals surface area contributed by atoms with E-state index in [2.05, 4.69) is 63.3 Å². The van der Waals surface area contributed by atoms with Crippen LogP contribution in [0.5, 0.6) is 0 Å². The summed E-state index contributed by atoms with van der Waals surface area (Å²) in [5.74, 6) is 3.40. The number of aromatic nitrogens is 3. The first kappa shape index (κ1) is 23.7. The third-order valence-electron chi connectivity index (χ3n) is 5.20. The van der Waals surface area contributed by atoms with Gasteiger partial charge in [0.1, 0.15) is 5.69 Å². The van der Waals surface area contributed by atoms with Crippen molar-refractivity contribution in [3.63, 3.8) is 0 Å². The molecule has 1 aromatic heterocycles. The molecule has 0 spiro atoms. The Balaban J connectivity index is 2.25. The first-order chi connectivity index (χ1) is 13.8. The Morgan fingerprint density at radius 1 is 1.17 bits per heavy atom. The van der Waals surface area contributed by atoms with Crippen molar-refractivity contribution in [3.05, 3.63) is 46.7 Å². The first-order valence-corrected chi connectivity index (χ1v) is 13.1. The van der Waals surface area contributed by atoms with E-state index in [1.54, 1.807) is 0 Å². The molecule has 0 N–H and O–H groups in total. The zero-order valence-corrected chi connectivity index (χ0v) is 20.3. The maximum atomic E-state index is 6.85. The third-order valence-corrected chi connectivity index (χ3v) is 10.1. The van der Waals surface area contributed by atoms with E-state index in [0.717, 1.165) is 35.5 Å². The van der Waals surface area contributed by atoms with Gasteiger partial charge in [0, 0.05) is 11.4 Å². The molecular formula is C23H34ClN3OSi. The molecule has 158 valence electrons. The predicted molar refractivity (Wildman–Crippen MR) is 123 cm³/mol. The Morgan fingerprint density at radius 2 is 1.90 bits per heavy atom. The molecule has 29 heavy (non-hydrogen) atoms. The lowest BCUT2D eigenvalue weighted by atomic mass is 10.2. The average molecular weight is 432 g/mol. The van der Waals surface area contributed by atoms with Gasteiger partial charge in [-0.15, -0.1) is 11.0 Å². The maximum absolute atomic E-state index is 6.85. The van der Waals surface area contributed by atoms with E-state index in [1.165, 1.54) is 0 Å². The summed E-state index contributed by atoms with van der Waals surface area (Å²) in [7, 11) is -2.28. The molecule has 1 atom stereocenters. The fourth-order valence-electron chi connectivity index (χ4n) is 3.53. The van der Waals surface area contributed by atoms with Crippen LogP contribution in [0.4, 0.5) is 0 Å². The van der Waals surface area contributed by atoms with Crippen LogP contribution in [0.15, 0.2) is 30.5 Å². The number of unbranched alkanes of at least 4 members (excludes halogenated alkanes) is 1. The Hall–Kier alpha value is -1.61. The van der Waals surface area contributed by atoms with Gasteiger partial charge in [0.15, 0.2) is 0 Å². The van der Waals surface area contributed by atoms with Gasteiger partial charge in [0.05, 0.1) is 18.8 Å². The molecule has 0 aliphatic carbocycles. The van der Waals surface area contributed by atoms with Gasteiger partial charge < -0.3 is 4.43 Å². The Bertz CT molecular complexity index is 830. The number of hydrogen-bond acceptors (Lipinski definition) is 3. The second-order valence-corrected chi connectivity index (χ2v) is 13.0. The molecule has 1 aromatic carbocycles. The fourth-order valence-corrected chi connectivity index (χ4v) is 7.42. The summed E-state index contributed by atoms with van der Waals surface area (Å²) in [6.45, 7) is 13.9. The second-order valence-electron chi connectivity index (χ2n) is 8.14. The molecule has 0 aliphatic rings. The Kier molecular flexibility index (Phi) is 8.95. The van der Waals surface area contributed by atoms with Gasteiger partial charge in [-0.25, -0.2) is 4.68 Å². The van der Waals surface area contributed by atoms with E-state index in [4.69, 9.17) is 16.0 Å². The van der Waals surface area contributed by atoms with Gasteiger partial charge in [0.25, 0.3) is 8.32 Å². The van der Waals surface area contributed by atoms with Crippen molar-refractivity contribution in [3.8, 4) is 11.5 Å². The molecule has 6 heteroatoms. The lowest BCUT2D eigenvalue weighted by molar-refractivity contribution is 0.179. The molecule has 0 saturated carbocycles. The fraction of sp³-hybridized carbons (Fsp3) is 0.565. The molecule has 1 heterocycles. The van der Waals surface area contributed by atoms with E-state index < -0.39 is 8.32 Å². The highest BCUT2D eigenvalue weighted by Crippen LogP contribution is 2.38. The van der Waals surface area contributed by atoms with Crippen molar-refractivity contribution in [1.82, 2.24) is 15.0 Å². The van der Waals surface area contributed by atoms with E-state index in [0.29, 0.717) is 17.6 Å². The van der Waals surface area contributed by atoms with E-state index in [1.807, 2.05) is 35.1 Å². The number of rotatable bonds is 9. The standard InChI is InChI=1S/C23H34ClN3OSi/c1-7-9-10-14-29(18(3)4,19(5)6)28-23(8-2)22-17-27(26-25-22)16-20-12-11-13-21(24)15-20/h11-13,15,17-19,23H,7-9,16H2,1-6H3/t23-/m1/s1. The molecule has 0 radical (unpaired) electrons. The first-order valence-electron chi connectivity index (χ1n) is 10.6. The van der Waals surface area contributed by atoms with Crippen LogP contribution in [0.2, 0.25) is 16.1 Å². The van der Waals surface area contributed by atoms with Gasteiger partial charge in [0.2, 0.25) is 0 Å². The molecule has 2 aromatic rings. The SMILES string of the molecule is CCCC#C[Si](O[C@H](CC)c1cn(Cc2cccc(Cl)c2)nn1)(C(C)C)C(C)C. The summed E-state index contributed by atoms with van der Waals surface area (Å²) in [5.41, 5.74) is 6.41. The summed E-state index contributed by atoms with van der Waals surface area (Å²) in [6.07, 6.45) is 4.75. The van der Waals surface area contributed by atoms with E-state index >= 15 is 0 Å². The highest BCUT2D eigenvalue weighted by atomic mass is 35.5. The summed E-state index contributed by atoms with van der Waals surface area (Å²) in [4.78, 5) is 0. The number of nitrogens with zero attached hydrogens (tertiary/aromatic N) is 3. The van der Waals surface area contributed by atoms with Crippen LogP contribution in [0, 0.1) is 11.5 Å². The van der Waals surface area contributed by atoms with Gasteiger partial charge in [-0.3, -0.25) is 0 Å². The van der Waals surface area contributed by atoms with Crippen molar-refractivity contribution < 1.29 is 4.43 Å². The minimum atomic E-state index is -2.28. The highest BCUT2D eigenvalue weighted by Gasteiger charge is 2.43. The van der Waals surface area contributed by atoms with Gasteiger partial charge in [-0.2, -0.15) is 0 Å². The third kappa shape index (κ3) is 6.18. The van der Waals surface area contributed by atoms with Crippen molar-refractivity contribution in [2.75, 3.05) is 0 Å². The summed E-state index contributed by atoms with van der Waals surface area (Å²) in [6, 6.07) is 7.82. The van der Waals surface area contributed by atoms with Crippen molar-refractivity contribution in [1.29, 1.82) is 0 Å². The van der Waals surface area contributed by atoms with Gasteiger partial charge >= 0.3 is 0 Å². The van der Waals surface area contributed by atoms with Crippen molar-refractivity contribution in [2.45, 2.75) is 84.5 Å². The second kappa shape index (κ2) is 11.0. The molecule has 0 unspecified atom stereocenters. The quantitative estimate of drug-likeness (QED) is 0.333. The van der Waals surface area contributed by atoms with Crippen LogP contribution >= 0.6 is 11.6 Å². The predicted octanol–water partition coefficient (Wildman–Crippen LogP) is 6.56. The molecule has 0 fully saturated rings. The smallest absolute Gasteiger partial charge is 0.277 e. The molecule has 2 rings (SSSR count). The molecule has 4 nitrogen and oxygen atoms in total. The molecule has 0 bridgehead atoms. The van der Waals surface area contributed by atoms with E-state index in [-0.39, 0.29) is 6.10 Å². The molecule has 0 amide bonds. The minimum Gasteiger partial charge on any atom is -0.396 e. The Labute approximate surface area is 182 Å². The van der Waals surface area contributed by atoms with Crippen LogP contribution < -0.4 is 0 Å². The molecule has 0 saturated heterocycles. The van der Waals surface area contributed by atoms with Crippen LogP contribution in [0.1, 0.15) is 78.2 Å². The monoisotopic (exact) mass is 431 g/mol. The lowest BCUT2D eigenvalue weighted by Crippen LogP contribution is -2.45. The van der Waals surface area contributed by atoms with Crippen molar-refractivity contribution >= 4 is 19.9 Å². The van der Waals surface area contributed by atoms with Gasteiger partial charge in [-0.1, -0.05) is 76.0 Å². The van der Waals surface area contributed by atoms with Crippen molar-refractivity contribution in [2.24, 2.45) is 0 Å². The Morgan fingerprint density at radius 3 is 2.48 bits per heavy atom. The summed E-state index contributed by atoms with van der Waals surface area (Å²) < 4.78 is 8.70. The van der Waals surface area contributed by atoms with Crippen LogP contribution in [-0.2, 0) is 11.0 Å². The summed E-state index contributed by atoms with van der Waals surface area (Å²) >= 11 is 6.10. The molecular weight excluding hydrogens is 398 g/mol. The normalized spacial score (nSPS) is 12.9. The number of benzene rings is 1. The van der Waals surface area contributed by atoms with E-state index in [9.17, 15) is 0 Å². The zero-order chi connectivity index (χ0) is 21.4. The zero-order valence-electron chi connectivity index (χ0n) is 18.6. The average Bonchev–Trinajstić information content (AvgIpc) is 3.12. The lowest BCUT2D eigenvalue weighted by Gasteiger charge is -2.36. The van der Waals surface area contributed by atoms with Crippen LogP contribution in [0.25, 0.3) is 0 Å². The topological polar surface area (TPSA) is 39.9 Å². The maximum Gasteiger partial charge on any atom is 0.277 e.